The molecular weight excluding hydrogens is 116 g/mol. The molecular formula is C6H14N2O. The number of hydrogen-bond donors (Lipinski definition) is 2. The number of rotatable bonds is 1. The minimum absolute atomic E-state index is 0.216. The summed E-state index contributed by atoms with van der Waals surface area (Å²) in [4.78, 5) is 4.68. The predicted octanol–water partition coefficient (Wildman–Crippen LogP) is 0.147. The van der Waals surface area contributed by atoms with Crippen molar-refractivity contribution in [1.82, 2.24) is 0 Å². The Morgan fingerprint density at radius 1 is 1.33 bits per heavy atom. The normalized spacial score (nSPS) is 36.7. The summed E-state index contributed by atoms with van der Waals surface area (Å²) in [5.41, 5.74) is 5.67. The molecule has 0 aromatic heterocycles. The van der Waals surface area contributed by atoms with E-state index in [2.05, 4.69) is 4.84 Å². The van der Waals surface area contributed by atoms with Gasteiger partial charge in [-0.2, -0.15) is 0 Å². The zero-order valence-electron chi connectivity index (χ0n) is 5.55. The zero-order chi connectivity index (χ0) is 6.69. The third-order valence-electron chi connectivity index (χ3n) is 1.86. The van der Waals surface area contributed by atoms with Crippen LogP contribution in [0.3, 0.4) is 0 Å². The lowest BCUT2D eigenvalue weighted by atomic mass is 9.94. The van der Waals surface area contributed by atoms with Gasteiger partial charge >= 0.3 is 0 Å². The fourth-order valence-corrected chi connectivity index (χ4v) is 1.30. The van der Waals surface area contributed by atoms with Crippen molar-refractivity contribution in [2.75, 3.05) is 0 Å². The fourth-order valence-electron chi connectivity index (χ4n) is 1.30. The van der Waals surface area contributed by atoms with Gasteiger partial charge in [-0.1, -0.05) is 0 Å². The molecule has 0 spiro atoms. The van der Waals surface area contributed by atoms with Crippen molar-refractivity contribution in [3.05, 3.63) is 0 Å². The van der Waals surface area contributed by atoms with Gasteiger partial charge in [0.2, 0.25) is 0 Å². The SMILES string of the molecule is NOC1CCCC(N)C1. The lowest BCUT2D eigenvalue weighted by Crippen LogP contribution is -2.33. The molecule has 54 valence electrons. The van der Waals surface area contributed by atoms with Crippen molar-refractivity contribution in [2.24, 2.45) is 11.6 Å². The van der Waals surface area contributed by atoms with E-state index in [0.717, 1.165) is 25.7 Å². The Bertz CT molecular complexity index is 87.1. The van der Waals surface area contributed by atoms with E-state index in [1.54, 1.807) is 0 Å². The van der Waals surface area contributed by atoms with Crippen molar-refractivity contribution in [2.45, 2.75) is 37.8 Å². The second-order valence-corrected chi connectivity index (χ2v) is 2.68. The van der Waals surface area contributed by atoms with Crippen LogP contribution in [-0.4, -0.2) is 12.1 Å². The third kappa shape index (κ3) is 1.93. The van der Waals surface area contributed by atoms with E-state index in [4.69, 9.17) is 11.6 Å². The first-order chi connectivity index (χ1) is 4.33. The van der Waals surface area contributed by atoms with E-state index in [1.165, 1.54) is 0 Å². The van der Waals surface area contributed by atoms with E-state index in [-0.39, 0.29) is 6.10 Å². The molecule has 0 bridgehead atoms. The van der Waals surface area contributed by atoms with Crippen LogP contribution in [0.2, 0.25) is 0 Å². The Morgan fingerprint density at radius 2 is 2.11 bits per heavy atom. The Hall–Kier alpha value is -0.120. The highest BCUT2D eigenvalue weighted by Gasteiger charge is 2.18. The van der Waals surface area contributed by atoms with E-state index >= 15 is 0 Å². The highest BCUT2D eigenvalue weighted by molar-refractivity contribution is 4.74. The molecule has 0 aliphatic heterocycles. The summed E-state index contributed by atoms with van der Waals surface area (Å²) in [7, 11) is 0. The molecule has 0 saturated heterocycles. The maximum atomic E-state index is 5.67. The standard InChI is InChI=1S/C6H14N2O/c7-5-2-1-3-6(4-5)9-8/h5-6H,1-4,7-8H2. The first kappa shape index (κ1) is 6.99. The molecule has 1 rings (SSSR count). The zero-order valence-corrected chi connectivity index (χ0v) is 5.55. The first-order valence-corrected chi connectivity index (χ1v) is 3.44. The maximum absolute atomic E-state index is 5.67. The molecule has 1 saturated carbocycles. The molecule has 2 unspecified atom stereocenters. The van der Waals surface area contributed by atoms with Gasteiger partial charge in [-0.05, 0) is 25.7 Å². The summed E-state index contributed by atoms with van der Waals surface area (Å²) in [6.45, 7) is 0. The summed E-state index contributed by atoms with van der Waals surface area (Å²) in [6, 6.07) is 0.312. The van der Waals surface area contributed by atoms with E-state index < -0.39 is 0 Å². The summed E-state index contributed by atoms with van der Waals surface area (Å²) >= 11 is 0. The van der Waals surface area contributed by atoms with Crippen LogP contribution >= 0.6 is 0 Å². The minimum Gasteiger partial charge on any atom is -0.328 e. The average Bonchev–Trinajstić information content (AvgIpc) is 1.88. The van der Waals surface area contributed by atoms with Crippen LogP contribution in [0, 0.1) is 0 Å². The van der Waals surface area contributed by atoms with Gasteiger partial charge < -0.3 is 10.6 Å². The van der Waals surface area contributed by atoms with Crippen molar-refractivity contribution < 1.29 is 4.84 Å². The van der Waals surface area contributed by atoms with Crippen molar-refractivity contribution in [3.8, 4) is 0 Å². The monoisotopic (exact) mass is 130 g/mol. The van der Waals surface area contributed by atoms with Gasteiger partial charge in [0.1, 0.15) is 0 Å². The van der Waals surface area contributed by atoms with Crippen LogP contribution in [0.4, 0.5) is 0 Å². The largest absolute Gasteiger partial charge is 0.328 e. The molecule has 3 nitrogen and oxygen atoms in total. The molecule has 0 radical (unpaired) electrons. The summed E-state index contributed by atoms with van der Waals surface area (Å²) in [5, 5.41) is 0. The van der Waals surface area contributed by atoms with E-state index in [0.29, 0.717) is 6.04 Å². The van der Waals surface area contributed by atoms with Crippen molar-refractivity contribution in [3.63, 3.8) is 0 Å². The molecule has 0 amide bonds. The summed E-state index contributed by atoms with van der Waals surface area (Å²) in [6.07, 6.45) is 4.50. The molecule has 3 heteroatoms. The van der Waals surface area contributed by atoms with Crippen molar-refractivity contribution in [1.29, 1.82) is 0 Å². The number of nitrogens with two attached hydrogens (primary N) is 2. The Kier molecular flexibility index (Phi) is 2.45. The maximum Gasteiger partial charge on any atom is 0.0802 e. The van der Waals surface area contributed by atoms with Gasteiger partial charge in [0.15, 0.2) is 0 Å². The second-order valence-electron chi connectivity index (χ2n) is 2.68. The molecule has 1 fully saturated rings. The van der Waals surface area contributed by atoms with Crippen LogP contribution in [0.25, 0.3) is 0 Å². The quantitative estimate of drug-likeness (QED) is 0.496. The third-order valence-corrected chi connectivity index (χ3v) is 1.86. The van der Waals surface area contributed by atoms with Crippen LogP contribution < -0.4 is 11.6 Å². The molecule has 0 heterocycles. The second kappa shape index (κ2) is 3.15. The molecule has 4 N–H and O–H groups in total. The Morgan fingerprint density at radius 3 is 2.56 bits per heavy atom. The minimum atomic E-state index is 0.216. The molecule has 1 aliphatic rings. The molecule has 0 aromatic rings. The van der Waals surface area contributed by atoms with Crippen LogP contribution in [0.5, 0.6) is 0 Å². The fraction of sp³-hybridized carbons (Fsp3) is 1.00. The highest BCUT2D eigenvalue weighted by Crippen LogP contribution is 2.17. The lowest BCUT2D eigenvalue weighted by Gasteiger charge is -2.24. The van der Waals surface area contributed by atoms with Crippen LogP contribution in [-0.2, 0) is 4.84 Å². The van der Waals surface area contributed by atoms with E-state index in [9.17, 15) is 0 Å². The average molecular weight is 130 g/mol. The highest BCUT2D eigenvalue weighted by atomic mass is 16.6. The van der Waals surface area contributed by atoms with Gasteiger partial charge in [0.25, 0.3) is 0 Å². The van der Waals surface area contributed by atoms with Gasteiger partial charge in [-0.15, -0.1) is 0 Å². The van der Waals surface area contributed by atoms with Gasteiger partial charge in [-0.3, -0.25) is 0 Å². The number of hydrogen-bond acceptors (Lipinski definition) is 3. The van der Waals surface area contributed by atoms with Gasteiger partial charge in [0.05, 0.1) is 6.10 Å². The van der Waals surface area contributed by atoms with Crippen LogP contribution in [0.1, 0.15) is 25.7 Å². The lowest BCUT2D eigenvalue weighted by molar-refractivity contribution is 0.0229. The molecule has 1 aliphatic carbocycles. The van der Waals surface area contributed by atoms with Gasteiger partial charge in [-0.25, -0.2) is 5.90 Å². The molecule has 2 atom stereocenters. The predicted molar refractivity (Wildman–Crippen MR) is 35.5 cm³/mol. The smallest absolute Gasteiger partial charge is 0.0802 e. The van der Waals surface area contributed by atoms with Gasteiger partial charge in [0, 0.05) is 6.04 Å². The van der Waals surface area contributed by atoms with Crippen LogP contribution in [0.15, 0.2) is 0 Å². The summed E-state index contributed by atoms with van der Waals surface area (Å²) in [5.74, 6) is 5.01. The first-order valence-electron chi connectivity index (χ1n) is 3.44. The van der Waals surface area contributed by atoms with Crippen molar-refractivity contribution >= 4 is 0 Å². The topological polar surface area (TPSA) is 61.3 Å². The molecule has 0 aromatic carbocycles. The Labute approximate surface area is 55.3 Å². The summed E-state index contributed by atoms with van der Waals surface area (Å²) < 4.78 is 0. The van der Waals surface area contributed by atoms with E-state index in [1.807, 2.05) is 0 Å². The molecule has 9 heavy (non-hydrogen) atoms. The Balaban J connectivity index is 2.23.